The van der Waals surface area contributed by atoms with Gasteiger partial charge in [0.05, 0.1) is 16.8 Å². The Balaban J connectivity index is 2.48. The van der Waals surface area contributed by atoms with Crippen molar-refractivity contribution < 1.29 is 8.81 Å². The van der Waals surface area contributed by atoms with Gasteiger partial charge in [-0.3, -0.25) is 0 Å². The lowest BCUT2D eigenvalue weighted by atomic mass is 10.0. The first-order valence-electron chi connectivity index (χ1n) is 5.86. The van der Waals surface area contributed by atoms with Crippen LogP contribution in [0.4, 0.5) is 4.39 Å². The van der Waals surface area contributed by atoms with Gasteiger partial charge in [-0.2, -0.15) is 0 Å². The van der Waals surface area contributed by atoms with Crippen LogP contribution in [0.5, 0.6) is 0 Å². The Morgan fingerprint density at radius 3 is 2.78 bits per heavy atom. The van der Waals surface area contributed by atoms with Crippen molar-refractivity contribution in [1.82, 2.24) is 5.32 Å². The molecule has 0 fully saturated rings. The summed E-state index contributed by atoms with van der Waals surface area (Å²) in [6.07, 6.45) is 1.59. The quantitative estimate of drug-likeness (QED) is 0.916. The predicted octanol–water partition coefficient (Wildman–Crippen LogP) is 4.19. The van der Waals surface area contributed by atoms with Crippen LogP contribution in [0.25, 0.3) is 0 Å². The molecule has 0 radical (unpaired) electrons. The molecule has 96 valence electrons. The first-order valence-corrected chi connectivity index (χ1v) is 6.65. The lowest BCUT2D eigenvalue weighted by Crippen LogP contribution is -2.23. The highest BCUT2D eigenvalue weighted by Gasteiger charge is 2.22. The first-order chi connectivity index (χ1) is 8.65. The molecule has 2 rings (SSSR count). The van der Waals surface area contributed by atoms with E-state index in [0.717, 1.165) is 11.0 Å². The number of furan rings is 1. The van der Waals surface area contributed by atoms with Crippen LogP contribution in [0.3, 0.4) is 0 Å². The molecule has 4 heteroatoms. The molecule has 2 aromatic rings. The van der Waals surface area contributed by atoms with E-state index in [1.807, 2.05) is 19.1 Å². The van der Waals surface area contributed by atoms with Gasteiger partial charge in [0.15, 0.2) is 0 Å². The fourth-order valence-corrected chi connectivity index (χ4v) is 2.38. The third-order valence-electron chi connectivity index (χ3n) is 2.85. The van der Waals surface area contributed by atoms with Crippen LogP contribution in [0.15, 0.2) is 39.4 Å². The maximum Gasteiger partial charge on any atom is 0.139 e. The monoisotopic (exact) mass is 311 g/mol. The number of aryl methyl sites for hydroxylation is 1. The molecule has 1 unspecified atom stereocenters. The molecule has 0 aliphatic carbocycles. The Hall–Kier alpha value is -1.13. The second-order valence-electron chi connectivity index (χ2n) is 4.10. The molecule has 2 nitrogen and oxygen atoms in total. The zero-order chi connectivity index (χ0) is 13.1. The summed E-state index contributed by atoms with van der Waals surface area (Å²) in [5.41, 5.74) is 1.24. The molecular formula is C14H15BrFNO. The van der Waals surface area contributed by atoms with Crippen molar-refractivity contribution in [2.45, 2.75) is 19.9 Å². The fraction of sp³-hybridized carbons (Fsp3) is 0.286. The molecule has 1 heterocycles. The normalized spacial score (nSPS) is 12.7. The van der Waals surface area contributed by atoms with Crippen LogP contribution in [0.1, 0.15) is 29.9 Å². The third kappa shape index (κ3) is 2.49. The minimum absolute atomic E-state index is 0.188. The molecule has 0 amide bonds. The third-order valence-corrected chi connectivity index (χ3v) is 3.50. The van der Waals surface area contributed by atoms with E-state index in [9.17, 15) is 4.39 Å². The molecule has 0 bridgehead atoms. The summed E-state index contributed by atoms with van der Waals surface area (Å²) in [5, 5.41) is 3.25. The van der Waals surface area contributed by atoms with E-state index in [0.29, 0.717) is 16.9 Å². The highest BCUT2D eigenvalue weighted by Crippen LogP contribution is 2.31. The predicted molar refractivity (Wildman–Crippen MR) is 73.1 cm³/mol. The molecule has 1 atom stereocenters. The number of rotatable bonds is 4. The van der Waals surface area contributed by atoms with E-state index in [2.05, 4.69) is 21.2 Å². The minimum Gasteiger partial charge on any atom is -0.466 e. The van der Waals surface area contributed by atoms with Crippen molar-refractivity contribution >= 4 is 15.9 Å². The van der Waals surface area contributed by atoms with Gasteiger partial charge in [-0.05, 0) is 41.0 Å². The van der Waals surface area contributed by atoms with Crippen LogP contribution in [-0.2, 0) is 0 Å². The second-order valence-corrected chi connectivity index (χ2v) is 4.96. The summed E-state index contributed by atoms with van der Waals surface area (Å²) in [7, 11) is 0. The second kappa shape index (κ2) is 5.67. The number of hydrogen-bond donors (Lipinski definition) is 1. The standard InChI is InChI=1S/C14H15BrFNO/c1-3-17-13(14-11(15)7-8-18-14)10-6-4-5-9(2)12(10)16/h4-8,13,17H,3H2,1-2H3. The van der Waals surface area contributed by atoms with E-state index in [-0.39, 0.29) is 11.9 Å². The summed E-state index contributed by atoms with van der Waals surface area (Å²) in [6, 6.07) is 6.94. The van der Waals surface area contributed by atoms with Crippen molar-refractivity contribution in [3.05, 3.63) is 57.7 Å². The Bertz CT molecular complexity index is 538. The van der Waals surface area contributed by atoms with Gasteiger partial charge in [-0.15, -0.1) is 0 Å². The van der Waals surface area contributed by atoms with Gasteiger partial charge in [-0.25, -0.2) is 4.39 Å². The van der Waals surface area contributed by atoms with Gasteiger partial charge in [0, 0.05) is 5.56 Å². The van der Waals surface area contributed by atoms with Crippen molar-refractivity contribution in [3.8, 4) is 0 Å². The number of benzene rings is 1. The zero-order valence-electron chi connectivity index (χ0n) is 10.3. The van der Waals surface area contributed by atoms with E-state index < -0.39 is 0 Å². The van der Waals surface area contributed by atoms with Gasteiger partial charge < -0.3 is 9.73 Å². The smallest absolute Gasteiger partial charge is 0.139 e. The Morgan fingerprint density at radius 1 is 1.39 bits per heavy atom. The minimum atomic E-state index is -0.278. The van der Waals surface area contributed by atoms with Crippen LogP contribution < -0.4 is 5.32 Å². The Kier molecular flexibility index (Phi) is 4.19. The lowest BCUT2D eigenvalue weighted by Gasteiger charge is -2.18. The molecule has 0 aliphatic heterocycles. The van der Waals surface area contributed by atoms with Gasteiger partial charge in [-0.1, -0.05) is 25.1 Å². The highest BCUT2D eigenvalue weighted by molar-refractivity contribution is 9.10. The van der Waals surface area contributed by atoms with Crippen molar-refractivity contribution in [2.24, 2.45) is 0 Å². The lowest BCUT2D eigenvalue weighted by molar-refractivity contribution is 0.438. The molecular weight excluding hydrogens is 297 g/mol. The molecule has 0 spiro atoms. The van der Waals surface area contributed by atoms with E-state index in [4.69, 9.17) is 4.42 Å². The molecule has 0 saturated carbocycles. The number of nitrogens with one attached hydrogen (secondary N) is 1. The zero-order valence-corrected chi connectivity index (χ0v) is 11.9. The Morgan fingerprint density at radius 2 is 2.17 bits per heavy atom. The first kappa shape index (κ1) is 13.3. The van der Waals surface area contributed by atoms with Gasteiger partial charge in [0.2, 0.25) is 0 Å². The van der Waals surface area contributed by atoms with E-state index in [1.54, 1.807) is 25.3 Å². The maximum absolute atomic E-state index is 14.2. The molecule has 18 heavy (non-hydrogen) atoms. The van der Waals surface area contributed by atoms with Crippen molar-refractivity contribution in [2.75, 3.05) is 6.54 Å². The van der Waals surface area contributed by atoms with Crippen molar-refractivity contribution in [1.29, 1.82) is 0 Å². The van der Waals surface area contributed by atoms with Crippen LogP contribution in [0, 0.1) is 12.7 Å². The van der Waals surface area contributed by atoms with Gasteiger partial charge >= 0.3 is 0 Å². The van der Waals surface area contributed by atoms with Crippen LogP contribution in [0.2, 0.25) is 0 Å². The summed E-state index contributed by atoms with van der Waals surface area (Å²) in [5.74, 6) is 0.508. The van der Waals surface area contributed by atoms with Crippen molar-refractivity contribution in [3.63, 3.8) is 0 Å². The van der Waals surface area contributed by atoms with Gasteiger partial charge in [0.1, 0.15) is 11.6 Å². The van der Waals surface area contributed by atoms with Crippen LogP contribution in [-0.4, -0.2) is 6.54 Å². The number of hydrogen-bond acceptors (Lipinski definition) is 2. The average Bonchev–Trinajstić information content (AvgIpc) is 2.76. The Labute approximate surface area is 114 Å². The maximum atomic E-state index is 14.2. The summed E-state index contributed by atoms with van der Waals surface area (Å²) in [6.45, 7) is 4.47. The molecule has 0 aliphatic rings. The summed E-state index contributed by atoms with van der Waals surface area (Å²) < 4.78 is 20.5. The molecule has 0 saturated heterocycles. The average molecular weight is 312 g/mol. The largest absolute Gasteiger partial charge is 0.466 e. The van der Waals surface area contributed by atoms with Gasteiger partial charge in [0.25, 0.3) is 0 Å². The van der Waals surface area contributed by atoms with E-state index >= 15 is 0 Å². The van der Waals surface area contributed by atoms with E-state index in [1.165, 1.54) is 0 Å². The highest BCUT2D eigenvalue weighted by atomic mass is 79.9. The summed E-state index contributed by atoms with van der Waals surface area (Å²) >= 11 is 3.42. The molecule has 1 N–H and O–H groups in total. The molecule has 1 aromatic heterocycles. The SMILES string of the molecule is CCNC(c1cccc(C)c1F)c1occc1Br. The molecule has 1 aromatic carbocycles. The van der Waals surface area contributed by atoms with Crippen LogP contribution >= 0.6 is 15.9 Å². The number of halogens is 2. The topological polar surface area (TPSA) is 25.2 Å². The summed E-state index contributed by atoms with van der Waals surface area (Å²) in [4.78, 5) is 0. The fourth-order valence-electron chi connectivity index (χ4n) is 1.95.